The first-order valence-electron chi connectivity index (χ1n) is 12.8. The van der Waals surface area contributed by atoms with Crippen LogP contribution in [0.4, 0.5) is 0 Å². The van der Waals surface area contributed by atoms with Gasteiger partial charge < -0.3 is 9.47 Å². The quantitative estimate of drug-likeness (QED) is 0.482. The third-order valence-electron chi connectivity index (χ3n) is 10.5. The van der Waals surface area contributed by atoms with Crippen molar-refractivity contribution in [1.29, 1.82) is 0 Å². The Morgan fingerprint density at radius 3 is 2.35 bits per heavy atom. The zero-order valence-corrected chi connectivity index (χ0v) is 20.1. The highest BCUT2D eigenvalue weighted by atomic mass is 16.8. The summed E-state index contributed by atoms with van der Waals surface area (Å²) in [5.74, 6) is 3.06. The molecule has 1 heterocycles. The SMILES string of the molecule is C[C@H]1CC[C@@]2(C)[C@H](C1)[C@H]1OC(C)(C)O[C@@H]1C1[C@@H]2CC[C@]2(C)C(c3ccccc3)=CC[C@@H]12. The number of hydrogen-bond acceptors (Lipinski definition) is 2. The minimum absolute atomic E-state index is 0.258. The molecule has 31 heavy (non-hydrogen) atoms. The Bertz CT molecular complexity index is 887. The van der Waals surface area contributed by atoms with Gasteiger partial charge >= 0.3 is 0 Å². The normalized spacial score (nSPS) is 50.1. The highest BCUT2D eigenvalue weighted by molar-refractivity contribution is 5.73. The molecule has 0 bridgehead atoms. The van der Waals surface area contributed by atoms with E-state index in [1.54, 1.807) is 5.57 Å². The predicted octanol–water partition coefficient (Wildman–Crippen LogP) is 7.10. The topological polar surface area (TPSA) is 18.5 Å². The fourth-order valence-corrected chi connectivity index (χ4v) is 9.02. The van der Waals surface area contributed by atoms with Gasteiger partial charge in [0.05, 0.1) is 12.2 Å². The minimum atomic E-state index is -0.450. The molecule has 0 amide bonds. The molecule has 0 spiro atoms. The number of rotatable bonds is 1. The molecule has 4 aliphatic carbocycles. The number of benzene rings is 1. The summed E-state index contributed by atoms with van der Waals surface area (Å²) in [6.07, 6.45) is 11.0. The third kappa shape index (κ3) is 2.83. The Morgan fingerprint density at radius 1 is 0.839 bits per heavy atom. The van der Waals surface area contributed by atoms with Crippen LogP contribution < -0.4 is 0 Å². The van der Waals surface area contributed by atoms with Crippen LogP contribution in [0.15, 0.2) is 36.4 Å². The summed E-state index contributed by atoms with van der Waals surface area (Å²) in [6, 6.07) is 11.2. The van der Waals surface area contributed by atoms with Crippen LogP contribution in [0, 0.1) is 40.4 Å². The number of hydrogen-bond donors (Lipinski definition) is 0. The summed E-state index contributed by atoms with van der Waals surface area (Å²) in [4.78, 5) is 0. The van der Waals surface area contributed by atoms with Crippen LogP contribution in [-0.4, -0.2) is 18.0 Å². The van der Waals surface area contributed by atoms with Crippen LogP contribution >= 0.6 is 0 Å². The summed E-state index contributed by atoms with van der Waals surface area (Å²) in [6.45, 7) is 11.9. The molecule has 1 saturated heterocycles. The first kappa shape index (κ1) is 20.5. The van der Waals surface area contributed by atoms with Gasteiger partial charge in [0.15, 0.2) is 5.79 Å². The molecule has 4 fully saturated rings. The van der Waals surface area contributed by atoms with E-state index in [0.717, 1.165) is 11.8 Å². The van der Waals surface area contributed by atoms with E-state index in [1.165, 1.54) is 44.1 Å². The van der Waals surface area contributed by atoms with E-state index < -0.39 is 5.79 Å². The Balaban J connectivity index is 1.41. The van der Waals surface area contributed by atoms with Crippen molar-refractivity contribution >= 4 is 5.57 Å². The van der Waals surface area contributed by atoms with E-state index >= 15 is 0 Å². The van der Waals surface area contributed by atoms with Crippen LogP contribution in [0.5, 0.6) is 0 Å². The van der Waals surface area contributed by atoms with Gasteiger partial charge in [-0.05, 0) is 97.5 Å². The summed E-state index contributed by atoms with van der Waals surface area (Å²) >= 11 is 0. The van der Waals surface area contributed by atoms with Gasteiger partial charge in [0.25, 0.3) is 0 Å². The van der Waals surface area contributed by atoms with Gasteiger partial charge in [0.2, 0.25) is 0 Å². The van der Waals surface area contributed by atoms with Gasteiger partial charge in [0.1, 0.15) is 0 Å². The molecule has 0 N–H and O–H groups in total. The predicted molar refractivity (Wildman–Crippen MR) is 125 cm³/mol. The molecule has 5 aliphatic rings. The first-order valence-corrected chi connectivity index (χ1v) is 12.8. The Hall–Kier alpha value is -1.12. The largest absolute Gasteiger partial charge is 0.344 e. The van der Waals surface area contributed by atoms with Crippen LogP contribution in [0.1, 0.15) is 78.7 Å². The van der Waals surface area contributed by atoms with Crippen LogP contribution in [-0.2, 0) is 9.47 Å². The molecule has 9 atom stereocenters. The van der Waals surface area contributed by atoms with E-state index in [-0.39, 0.29) is 17.6 Å². The highest BCUT2D eigenvalue weighted by Gasteiger charge is 2.67. The van der Waals surface area contributed by atoms with Crippen molar-refractivity contribution < 1.29 is 9.47 Å². The van der Waals surface area contributed by atoms with Crippen molar-refractivity contribution in [2.24, 2.45) is 40.4 Å². The van der Waals surface area contributed by atoms with Crippen molar-refractivity contribution in [3.05, 3.63) is 42.0 Å². The van der Waals surface area contributed by atoms with Crippen molar-refractivity contribution in [3.63, 3.8) is 0 Å². The lowest BCUT2D eigenvalue weighted by Crippen LogP contribution is -2.62. The molecular formula is C29H40O2. The van der Waals surface area contributed by atoms with Crippen molar-refractivity contribution in [1.82, 2.24) is 0 Å². The lowest BCUT2D eigenvalue weighted by atomic mass is 9.43. The van der Waals surface area contributed by atoms with E-state index in [2.05, 4.69) is 71.0 Å². The van der Waals surface area contributed by atoms with E-state index in [4.69, 9.17) is 9.47 Å². The van der Waals surface area contributed by atoms with E-state index in [9.17, 15) is 0 Å². The maximum Gasteiger partial charge on any atom is 0.163 e. The molecular weight excluding hydrogens is 380 g/mol. The number of ether oxygens (including phenoxy) is 2. The van der Waals surface area contributed by atoms with Crippen molar-refractivity contribution in [2.45, 2.75) is 91.1 Å². The highest BCUT2D eigenvalue weighted by Crippen LogP contribution is 2.69. The van der Waals surface area contributed by atoms with Gasteiger partial charge in [-0.2, -0.15) is 0 Å². The number of fused-ring (bicyclic) bond motifs is 8. The average Bonchev–Trinajstić information content (AvgIpc) is 3.25. The summed E-state index contributed by atoms with van der Waals surface area (Å²) in [5, 5.41) is 0. The van der Waals surface area contributed by atoms with Crippen LogP contribution in [0.2, 0.25) is 0 Å². The standard InChI is InChI=1S/C29H40O2/c1-18-13-15-29(5)22-14-16-28(4)20(19-9-7-6-8-10-19)11-12-21(28)24(22)26-25(23(29)17-18)30-27(2,3)31-26/h6-11,18,21-26H,12-17H2,1-5H3/t18-,21-,22-,23+,24?,25+,26+,28+,29+/m0/s1. The fraction of sp³-hybridized carbons (Fsp3) is 0.724. The lowest BCUT2D eigenvalue weighted by molar-refractivity contribution is -0.175. The second-order valence-electron chi connectivity index (χ2n) is 12.5. The monoisotopic (exact) mass is 420 g/mol. The Morgan fingerprint density at radius 2 is 1.58 bits per heavy atom. The molecule has 2 heteroatoms. The van der Waals surface area contributed by atoms with Gasteiger partial charge in [-0.15, -0.1) is 0 Å². The van der Waals surface area contributed by atoms with Gasteiger partial charge in [-0.25, -0.2) is 0 Å². The van der Waals surface area contributed by atoms with Gasteiger partial charge in [-0.1, -0.05) is 63.6 Å². The fourth-order valence-electron chi connectivity index (χ4n) is 9.02. The Kier molecular flexibility index (Phi) is 4.43. The molecule has 1 aliphatic heterocycles. The average molecular weight is 421 g/mol. The molecule has 1 unspecified atom stereocenters. The molecule has 0 radical (unpaired) electrons. The molecule has 168 valence electrons. The molecule has 0 aromatic heterocycles. The van der Waals surface area contributed by atoms with E-state index in [0.29, 0.717) is 23.2 Å². The second-order valence-corrected chi connectivity index (χ2v) is 12.5. The zero-order chi connectivity index (χ0) is 21.6. The zero-order valence-electron chi connectivity index (χ0n) is 20.1. The number of allylic oxidation sites excluding steroid dienone is 2. The molecule has 3 saturated carbocycles. The van der Waals surface area contributed by atoms with Gasteiger partial charge in [-0.3, -0.25) is 0 Å². The maximum atomic E-state index is 6.80. The molecule has 1 aromatic carbocycles. The van der Waals surface area contributed by atoms with Crippen molar-refractivity contribution in [3.8, 4) is 0 Å². The summed E-state index contributed by atoms with van der Waals surface area (Å²) in [7, 11) is 0. The summed E-state index contributed by atoms with van der Waals surface area (Å²) < 4.78 is 13.5. The molecule has 6 rings (SSSR count). The van der Waals surface area contributed by atoms with Gasteiger partial charge in [0, 0.05) is 0 Å². The van der Waals surface area contributed by atoms with E-state index in [1.807, 2.05) is 0 Å². The lowest BCUT2D eigenvalue weighted by Gasteiger charge is -2.63. The minimum Gasteiger partial charge on any atom is -0.344 e. The van der Waals surface area contributed by atoms with Crippen LogP contribution in [0.25, 0.3) is 5.57 Å². The molecule has 1 aromatic rings. The summed E-state index contributed by atoms with van der Waals surface area (Å²) in [5.41, 5.74) is 3.68. The molecule has 2 nitrogen and oxygen atoms in total. The maximum absolute atomic E-state index is 6.80. The third-order valence-corrected chi connectivity index (χ3v) is 10.5. The van der Waals surface area contributed by atoms with Crippen LogP contribution in [0.3, 0.4) is 0 Å². The Labute approximate surface area is 188 Å². The smallest absolute Gasteiger partial charge is 0.163 e. The van der Waals surface area contributed by atoms with Crippen molar-refractivity contribution in [2.75, 3.05) is 0 Å². The first-order chi connectivity index (χ1) is 14.7. The second kappa shape index (κ2) is 6.70.